The fourth-order valence-corrected chi connectivity index (χ4v) is 3.65. The molecule has 0 saturated carbocycles. The number of ether oxygens (including phenoxy) is 2. The van der Waals surface area contributed by atoms with Crippen molar-refractivity contribution in [3.63, 3.8) is 0 Å². The molecule has 0 aromatic carbocycles. The standard InChI is InChI=1S/C20H23N5O4/c1-13-4-3-5-25-17(13)22-18-15(19(25)26)12-14(20(27)28-2)16(21)24(18)7-6-23-8-10-29-11-9-23/h3-5,12,21H,6-11H2,1-2H3. The maximum atomic E-state index is 13.1. The molecule has 0 radical (unpaired) electrons. The summed E-state index contributed by atoms with van der Waals surface area (Å²) in [4.78, 5) is 32.3. The van der Waals surface area contributed by atoms with E-state index < -0.39 is 5.97 Å². The zero-order valence-corrected chi connectivity index (χ0v) is 16.5. The number of pyridine rings is 2. The molecule has 0 spiro atoms. The first-order chi connectivity index (χ1) is 14.0. The third-order valence-electron chi connectivity index (χ3n) is 5.28. The Labute approximate surface area is 166 Å². The van der Waals surface area contributed by atoms with Gasteiger partial charge in [-0.2, -0.15) is 0 Å². The fourth-order valence-electron chi connectivity index (χ4n) is 3.65. The Hall–Kier alpha value is -3.04. The number of nitrogens with one attached hydrogen (secondary N) is 1. The van der Waals surface area contributed by atoms with E-state index in [1.807, 2.05) is 13.0 Å². The van der Waals surface area contributed by atoms with Gasteiger partial charge in [0.25, 0.3) is 5.56 Å². The van der Waals surface area contributed by atoms with E-state index in [-0.39, 0.29) is 22.0 Å². The number of carbonyl (C=O) groups excluding carboxylic acids is 1. The monoisotopic (exact) mass is 397 g/mol. The van der Waals surface area contributed by atoms with E-state index in [4.69, 9.17) is 19.9 Å². The van der Waals surface area contributed by atoms with Crippen LogP contribution in [-0.2, 0) is 16.0 Å². The van der Waals surface area contributed by atoms with E-state index in [9.17, 15) is 9.59 Å². The minimum atomic E-state index is -0.647. The van der Waals surface area contributed by atoms with Crippen LogP contribution in [0.25, 0.3) is 16.7 Å². The van der Waals surface area contributed by atoms with Crippen molar-refractivity contribution in [3.8, 4) is 0 Å². The van der Waals surface area contributed by atoms with Crippen molar-refractivity contribution >= 4 is 22.6 Å². The number of aryl methyl sites for hydroxylation is 1. The second-order valence-corrected chi connectivity index (χ2v) is 7.04. The van der Waals surface area contributed by atoms with Crippen LogP contribution in [0.3, 0.4) is 0 Å². The summed E-state index contributed by atoms with van der Waals surface area (Å²) in [6.07, 6.45) is 1.65. The van der Waals surface area contributed by atoms with E-state index in [2.05, 4.69) is 4.90 Å². The van der Waals surface area contributed by atoms with Gasteiger partial charge in [0.15, 0.2) is 0 Å². The van der Waals surface area contributed by atoms with Crippen LogP contribution >= 0.6 is 0 Å². The highest BCUT2D eigenvalue weighted by molar-refractivity contribution is 5.93. The van der Waals surface area contributed by atoms with Crippen LogP contribution < -0.4 is 11.0 Å². The summed E-state index contributed by atoms with van der Waals surface area (Å²) in [6, 6.07) is 5.08. The predicted molar refractivity (Wildman–Crippen MR) is 106 cm³/mol. The van der Waals surface area contributed by atoms with Crippen LogP contribution in [0.5, 0.6) is 0 Å². The molecule has 4 rings (SSSR count). The van der Waals surface area contributed by atoms with E-state index >= 15 is 0 Å². The van der Waals surface area contributed by atoms with Gasteiger partial charge in [0, 0.05) is 32.4 Å². The molecule has 1 N–H and O–H groups in total. The van der Waals surface area contributed by atoms with Crippen molar-refractivity contribution in [2.75, 3.05) is 40.0 Å². The highest BCUT2D eigenvalue weighted by atomic mass is 16.5. The normalized spacial score (nSPS) is 15.1. The predicted octanol–water partition coefficient (Wildman–Crippen LogP) is 0.556. The zero-order valence-electron chi connectivity index (χ0n) is 16.5. The highest BCUT2D eigenvalue weighted by Gasteiger charge is 2.19. The number of morpholine rings is 1. The molecular weight excluding hydrogens is 374 g/mol. The molecule has 4 heterocycles. The first kappa shape index (κ1) is 19.3. The molecule has 0 amide bonds. The zero-order chi connectivity index (χ0) is 20.5. The van der Waals surface area contributed by atoms with Crippen LogP contribution in [0.4, 0.5) is 0 Å². The SMILES string of the molecule is COC(=O)c1cc2c(=O)n3cccc(C)c3nc2n(CCN2CCOCC2)c1=N. The van der Waals surface area contributed by atoms with Crippen molar-refractivity contribution in [3.05, 3.63) is 51.4 Å². The molecule has 0 unspecified atom stereocenters. The summed E-state index contributed by atoms with van der Waals surface area (Å²) < 4.78 is 13.3. The van der Waals surface area contributed by atoms with Gasteiger partial charge in [-0.15, -0.1) is 0 Å². The number of hydrogen-bond acceptors (Lipinski definition) is 7. The minimum Gasteiger partial charge on any atom is -0.465 e. The number of carbonyl (C=O) groups is 1. The number of methoxy groups -OCH3 is 1. The summed E-state index contributed by atoms with van der Waals surface area (Å²) in [7, 11) is 1.26. The molecule has 152 valence electrons. The van der Waals surface area contributed by atoms with Gasteiger partial charge in [-0.05, 0) is 24.6 Å². The summed E-state index contributed by atoms with van der Waals surface area (Å²) >= 11 is 0. The molecule has 29 heavy (non-hydrogen) atoms. The van der Waals surface area contributed by atoms with Gasteiger partial charge in [0.1, 0.15) is 22.3 Å². The molecule has 1 saturated heterocycles. The van der Waals surface area contributed by atoms with Gasteiger partial charge in [-0.25, -0.2) is 9.78 Å². The summed E-state index contributed by atoms with van der Waals surface area (Å²) in [5.41, 5.74) is 1.55. The minimum absolute atomic E-state index is 0.0116. The number of hydrogen-bond donors (Lipinski definition) is 1. The molecule has 1 aliphatic rings. The lowest BCUT2D eigenvalue weighted by molar-refractivity contribution is 0.0363. The third kappa shape index (κ3) is 3.43. The average Bonchev–Trinajstić information content (AvgIpc) is 2.74. The molecule has 0 atom stereocenters. The summed E-state index contributed by atoms with van der Waals surface area (Å²) in [6.45, 7) is 5.93. The van der Waals surface area contributed by atoms with Crippen molar-refractivity contribution in [2.45, 2.75) is 13.5 Å². The van der Waals surface area contributed by atoms with Gasteiger partial charge in [0.2, 0.25) is 0 Å². The van der Waals surface area contributed by atoms with Gasteiger partial charge < -0.3 is 14.0 Å². The fraction of sp³-hybridized carbons (Fsp3) is 0.400. The lowest BCUT2D eigenvalue weighted by atomic mass is 10.2. The van der Waals surface area contributed by atoms with Crippen molar-refractivity contribution < 1.29 is 14.3 Å². The number of rotatable bonds is 4. The Morgan fingerprint density at radius 3 is 2.76 bits per heavy atom. The topological polar surface area (TPSA) is 102 Å². The Kier molecular flexibility index (Phi) is 5.16. The Morgan fingerprint density at radius 1 is 1.28 bits per heavy atom. The largest absolute Gasteiger partial charge is 0.465 e. The van der Waals surface area contributed by atoms with E-state index in [0.29, 0.717) is 37.6 Å². The van der Waals surface area contributed by atoms with E-state index in [0.717, 1.165) is 18.7 Å². The Morgan fingerprint density at radius 2 is 2.03 bits per heavy atom. The first-order valence-electron chi connectivity index (χ1n) is 9.50. The van der Waals surface area contributed by atoms with Gasteiger partial charge in [0.05, 0.1) is 25.7 Å². The second kappa shape index (κ2) is 7.76. The summed E-state index contributed by atoms with van der Waals surface area (Å²) in [5, 5.41) is 8.87. The molecule has 9 heteroatoms. The molecule has 0 bridgehead atoms. The number of fused-ring (bicyclic) bond motifs is 2. The van der Waals surface area contributed by atoms with Crippen molar-refractivity contribution in [1.82, 2.24) is 18.9 Å². The van der Waals surface area contributed by atoms with Gasteiger partial charge in [-0.3, -0.25) is 19.5 Å². The van der Waals surface area contributed by atoms with Crippen molar-refractivity contribution in [1.29, 1.82) is 5.41 Å². The van der Waals surface area contributed by atoms with E-state index in [1.54, 1.807) is 16.8 Å². The van der Waals surface area contributed by atoms with Crippen LogP contribution in [0.15, 0.2) is 29.2 Å². The summed E-state index contributed by atoms with van der Waals surface area (Å²) in [5.74, 6) is -0.647. The molecule has 0 aliphatic carbocycles. The Balaban J connectivity index is 1.94. The van der Waals surface area contributed by atoms with Crippen LogP contribution in [-0.4, -0.2) is 64.8 Å². The van der Waals surface area contributed by atoms with Gasteiger partial charge in [-0.1, -0.05) is 6.07 Å². The molecule has 1 aliphatic heterocycles. The second-order valence-electron chi connectivity index (χ2n) is 7.04. The Bertz CT molecular complexity index is 1210. The maximum Gasteiger partial charge on any atom is 0.341 e. The highest BCUT2D eigenvalue weighted by Crippen LogP contribution is 2.13. The molecule has 9 nitrogen and oxygen atoms in total. The maximum absolute atomic E-state index is 13.1. The molecular formula is C20H23N5O4. The lowest BCUT2D eigenvalue weighted by Gasteiger charge is -2.27. The first-order valence-corrected chi connectivity index (χ1v) is 9.50. The van der Waals surface area contributed by atoms with Crippen molar-refractivity contribution in [2.24, 2.45) is 0 Å². The third-order valence-corrected chi connectivity index (χ3v) is 5.28. The van der Waals surface area contributed by atoms with Crippen LogP contribution in [0.1, 0.15) is 15.9 Å². The number of aromatic nitrogens is 3. The molecule has 1 fully saturated rings. The average molecular weight is 397 g/mol. The van der Waals surface area contributed by atoms with Crippen LogP contribution in [0.2, 0.25) is 0 Å². The quantitative estimate of drug-likeness (QED) is 0.510. The number of nitrogens with zero attached hydrogens (tertiary/aromatic N) is 4. The smallest absolute Gasteiger partial charge is 0.341 e. The molecule has 3 aromatic heterocycles. The number of esters is 1. The van der Waals surface area contributed by atoms with Crippen LogP contribution in [0, 0.1) is 12.3 Å². The van der Waals surface area contributed by atoms with Gasteiger partial charge >= 0.3 is 5.97 Å². The van der Waals surface area contributed by atoms with E-state index in [1.165, 1.54) is 17.6 Å². The lowest BCUT2D eigenvalue weighted by Crippen LogP contribution is -2.40. The molecule has 3 aromatic rings.